The maximum atomic E-state index is 12.5. The summed E-state index contributed by atoms with van der Waals surface area (Å²) >= 11 is 0. The zero-order valence-corrected chi connectivity index (χ0v) is 14.2. The number of rotatable bonds is 6. The summed E-state index contributed by atoms with van der Waals surface area (Å²) in [7, 11) is -3.36. The van der Waals surface area contributed by atoms with E-state index in [0.29, 0.717) is 18.8 Å². The van der Waals surface area contributed by atoms with Gasteiger partial charge in [-0.05, 0) is 24.8 Å². The number of sulfonamides is 1. The molecule has 0 amide bonds. The van der Waals surface area contributed by atoms with Crippen LogP contribution in [0, 0.1) is 11.3 Å². The van der Waals surface area contributed by atoms with Crippen molar-refractivity contribution >= 4 is 10.0 Å². The van der Waals surface area contributed by atoms with Crippen LogP contribution in [-0.4, -0.2) is 35.0 Å². The van der Waals surface area contributed by atoms with E-state index >= 15 is 0 Å². The van der Waals surface area contributed by atoms with Crippen LogP contribution in [0.4, 0.5) is 0 Å². The number of nitriles is 1. The first-order valence-corrected chi connectivity index (χ1v) is 9.69. The van der Waals surface area contributed by atoms with E-state index in [1.165, 1.54) is 4.31 Å². The van der Waals surface area contributed by atoms with Crippen molar-refractivity contribution in [2.75, 3.05) is 12.3 Å². The number of nitrogens with one attached hydrogen (secondary N) is 1. The third kappa shape index (κ3) is 3.50. The molecular weight excluding hydrogens is 324 g/mol. The van der Waals surface area contributed by atoms with Crippen molar-refractivity contribution in [3.8, 4) is 17.3 Å². The Labute approximate surface area is 142 Å². The van der Waals surface area contributed by atoms with Gasteiger partial charge in [0.2, 0.25) is 10.0 Å². The zero-order valence-electron chi connectivity index (χ0n) is 13.4. The van der Waals surface area contributed by atoms with Crippen LogP contribution >= 0.6 is 0 Å². The van der Waals surface area contributed by atoms with Crippen LogP contribution in [0.25, 0.3) is 11.3 Å². The summed E-state index contributed by atoms with van der Waals surface area (Å²) in [6.07, 6.45) is 3.97. The number of unbranched alkanes of at least 4 members (excludes halogenated alkanes) is 1. The molecule has 0 bridgehead atoms. The molecule has 0 aliphatic carbocycles. The molecule has 0 spiro atoms. The van der Waals surface area contributed by atoms with Crippen molar-refractivity contribution in [2.24, 2.45) is 0 Å². The molecule has 0 saturated carbocycles. The third-order valence-electron chi connectivity index (χ3n) is 4.25. The Balaban J connectivity index is 1.79. The molecule has 1 aliphatic heterocycles. The normalized spacial score (nSPS) is 18.5. The van der Waals surface area contributed by atoms with Gasteiger partial charge in [-0.3, -0.25) is 0 Å². The lowest BCUT2D eigenvalue weighted by Crippen LogP contribution is -2.33. The van der Waals surface area contributed by atoms with Gasteiger partial charge in [0.25, 0.3) is 0 Å². The number of benzene rings is 1. The molecule has 24 heavy (non-hydrogen) atoms. The summed E-state index contributed by atoms with van der Waals surface area (Å²) in [6.45, 7) is 0.515. The molecule has 1 fully saturated rings. The highest BCUT2D eigenvalue weighted by Crippen LogP contribution is 2.34. The lowest BCUT2D eigenvalue weighted by molar-refractivity contribution is 0.384. The quantitative estimate of drug-likeness (QED) is 0.816. The molecule has 7 heteroatoms. The molecule has 2 aromatic rings. The number of hydrogen-bond acceptors (Lipinski definition) is 4. The Bertz CT molecular complexity index is 824. The molecule has 0 radical (unpaired) electrons. The van der Waals surface area contributed by atoms with Crippen molar-refractivity contribution in [3.63, 3.8) is 0 Å². The summed E-state index contributed by atoms with van der Waals surface area (Å²) in [5, 5.41) is 8.60. The fraction of sp³-hybridized carbons (Fsp3) is 0.412. The molecule has 1 unspecified atom stereocenters. The number of hydrogen-bond donors (Lipinski definition) is 1. The van der Waals surface area contributed by atoms with E-state index in [-0.39, 0.29) is 18.2 Å². The second-order valence-electron chi connectivity index (χ2n) is 5.89. The van der Waals surface area contributed by atoms with Crippen molar-refractivity contribution in [1.29, 1.82) is 5.26 Å². The van der Waals surface area contributed by atoms with E-state index in [1.807, 2.05) is 36.4 Å². The SMILES string of the molecule is N#CCCCS(=O)(=O)N1CCCC1c1ncc(-c2ccccc2)[nH]1. The second kappa shape index (κ2) is 7.16. The zero-order chi connectivity index (χ0) is 17.0. The first-order chi connectivity index (χ1) is 11.6. The molecule has 2 heterocycles. The molecule has 3 rings (SSSR count). The fourth-order valence-electron chi connectivity index (χ4n) is 3.07. The molecule has 1 aromatic carbocycles. The average Bonchev–Trinajstić information content (AvgIpc) is 3.25. The highest BCUT2D eigenvalue weighted by molar-refractivity contribution is 7.89. The van der Waals surface area contributed by atoms with E-state index in [1.54, 1.807) is 6.20 Å². The van der Waals surface area contributed by atoms with E-state index < -0.39 is 10.0 Å². The number of nitrogens with zero attached hydrogens (tertiary/aromatic N) is 3. The second-order valence-corrected chi connectivity index (χ2v) is 7.94. The van der Waals surface area contributed by atoms with Gasteiger partial charge in [-0.25, -0.2) is 13.4 Å². The summed E-state index contributed by atoms with van der Waals surface area (Å²) in [6, 6.07) is 11.6. The molecule has 6 nitrogen and oxygen atoms in total. The molecule has 1 aliphatic rings. The van der Waals surface area contributed by atoms with E-state index in [9.17, 15) is 8.42 Å². The Hall–Kier alpha value is -2.17. The average molecular weight is 344 g/mol. The van der Waals surface area contributed by atoms with Crippen LogP contribution in [-0.2, 0) is 10.0 Å². The lowest BCUT2D eigenvalue weighted by atomic mass is 10.2. The van der Waals surface area contributed by atoms with Gasteiger partial charge in [-0.1, -0.05) is 30.3 Å². The minimum absolute atomic E-state index is 0.0172. The fourth-order valence-corrected chi connectivity index (χ4v) is 4.81. The van der Waals surface area contributed by atoms with Gasteiger partial charge in [0.1, 0.15) is 5.82 Å². The van der Waals surface area contributed by atoms with E-state index in [0.717, 1.165) is 24.1 Å². The Morgan fingerprint density at radius 1 is 1.33 bits per heavy atom. The topological polar surface area (TPSA) is 89.8 Å². The van der Waals surface area contributed by atoms with Gasteiger partial charge in [-0.2, -0.15) is 9.57 Å². The van der Waals surface area contributed by atoms with Gasteiger partial charge in [0.05, 0.1) is 29.8 Å². The predicted molar refractivity (Wildman–Crippen MR) is 91.3 cm³/mol. The number of imidazole rings is 1. The predicted octanol–water partition coefficient (Wildman–Crippen LogP) is 2.85. The monoisotopic (exact) mass is 344 g/mol. The number of H-pyrrole nitrogens is 1. The Kier molecular flexibility index (Phi) is 4.97. The van der Waals surface area contributed by atoms with Crippen molar-refractivity contribution in [1.82, 2.24) is 14.3 Å². The van der Waals surface area contributed by atoms with Gasteiger partial charge in [-0.15, -0.1) is 0 Å². The van der Waals surface area contributed by atoms with Crippen LogP contribution in [0.3, 0.4) is 0 Å². The Morgan fingerprint density at radius 2 is 2.12 bits per heavy atom. The Morgan fingerprint density at radius 3 is 2.88 bits per heavy atom. The summed E-state index contributed by atoms with van der Waals surface area (Å²) in [5.41, 5.74) is 1.91. The molecule has 1 N–H and O–H groups in total. The van der Waals surface area contributed by atoms with Gasteiger partial charge >= 0.3 is 0 Å². The van der Waals surface area contributed by atoms with Crippen molar-refractivity contribution in [2.45, 2.75) is 31.7 Å². The lowest BCUT2D eigenvalue weighted by Gasteiger charge is -2.22. The molecular formula is C17H20N4O2S. The maximum Gasteiger partial charge on any atom is 0.214 e. The molecule has 126 valence electrons. The van der Waals surface area contributed by atoms with E-state index in [4.69, 9.17) is 5.26 Å². The standard InChI is InChI=1S/C17H20N4O2S/c18-10-4-5-12-24(22,23)21-11-6-9-16(21)17-19-13-15(20-17)14-7-2-1-3-8-14/h1-3,7-8,13,16H,4-6,9,11-12H2,(H,19,20). The van der Waals surface area contributed by atoms with Gasteiger partial charge < -0.3 is 4.98 Å². The third-order valence-corrected chi connectivity index (χ3v) is 6.20. The smallest absolute Gasteiger partial charge is 0.214 e. The molecule has 1 aromatic heterocycles. The van der Waals surface area contributed by atoms with Gasteiger partial charge in [0.15, 0.2) is 0 Å². The van der Waals surface area contributed by atoms with Crippen molar-refractivity contribution < 1.29 is 8.42 Å². The highest BCUT2D eigenvalue weighted by Gasteiger charge is 2.36. The summed E-state index contributed by atoms with van der Waals surface area (Å²) in [4.78, 5) is 7.69. The van der Waals surface area contributed by atoms with Crippen LogP contribution in [0.1, 0.15) is 37.5 Å². The maximum absolute atomic E-state index is 12.5. The minimum atomic E-state index is -3.36. The van der Waals surface area contributed by atoms with Crippen LogP contribution < -0.4 is 0 Å². The van der Waals surface area contributed by atoms with E-state index in [2.05, 4.69) is 9.97 Å². The largest absolute Gasteiger partial charge is 0.341 e. The first-order valence-electron chi connectivity index (χ1n) is 8.08. The minimum Gasteiger partial charge on any atom is -0.341 e. The number of aromatic amines is 1. The molecule has 1 saturated heterocycles. The summed E-state index contributed by atoms with van der Waals surface area (Å²) in [5.74, 6) is 0.707. The van der Waals surface area contributed by atoms with Crippen LogP contribution in [0.15, 0.2) is 36.5 Å². The van der Waals surface area contributed by atoms with Crippen LogP contribution in [0.5, 0.6) is 0 Å². The summed E-state index contributed by atoms with van der Waals surface area (Å²) < 4.78 is 26.6. The highest BCUT2D eigenvalue weighted by atomic mass is 32.2. The van der Waals surface area contributed by atoms with Crippen molar-refractivity contribution in [3.05, 3.63) is 42.4 Å². The number of aromatic nitrogens is 2. The van der Waals surface area contributed by atoms with Crippen LogP contribution in [0.2, 0.25) is 0 Å². The molecule has 1 atom stereocenters. The van der Waals surface area contributed by atoms with Gasteiger partial charge in [0, 0.05) is 13.0 Å². The first kappa shape index (κ1) is 16.7.